The summed E-state index contributed by atoms with van der Waals surface area (Å²) in [6.07, 6.45) is 1.46. The van der Waals surface area contributed by atoms with E-state index in [-0.39, 0.29) is 12.0 Å². The smallest absolute Gasteiger partial charge is 0.308 e. The third-order valence-corrected chi connectivity index (χ3v) is 3.53. The maximum absolute atomic E-state index is 12.4. The molecule has 114 valence electrons. The highest BCUT2D eigenvalue weighted by Crippen LogP contribution is 2.20. The van der Waals surface area contributed by atoms with E-state index >= 15 is 0 Å². The molecule has 1 aromatic rings. The monoisotopic (exact) mass is 291 g/mol. The molecular formula is C16H21NO4. The fourth-order valence-corrected chi connectivity index (χ4v) is 2.49. The fraction of sp³-hybridized carbons (Fsp3) is 0.500. The average Bonchev–Trinajstić information content (AvgIpc) is 2.47. The Morgan fingerprint density at radius 2 is 1.95 bits per heavy atom. The molecule has 1 aromatic carbocycles. The normalized spacial score (nSPS) is 18.6. The van der Waals surface area contributed by atoms with Crippen LogP contribution in [-0.2, 0) is 4.79 Å². The number of hydrogen-bond donors (Lipinski definition) is 1. The van der Waals surface area contributed by atoms with Crippen molar-refractivity contribution >= 4 is 11.9 Å². The van der Waals surface area contributed by atoms with Gasteiger partial charge >= 0.3 is 5.97 Å². The van der Waals surface area contributed by atoms with Gasteiger partial charge in [0.1, 0.15) is 5.75 Å². The molecule has 0 spiro atoms. The lowest BCUT2D eigenvalue weighted by molar-refractivity contribution is -0.143. The zero-order valence-corrected chi connectivity index (χ0v) is 12.4. The van der Waals surface area contributed by atoms with Crippen LogP contribution in [0.2, 0.25) is 0 Å². The van der Waals surface area contributed by atoms with Gasteiger partial charge in [-0.05, 0) is 51.0 Å². The van der Waals surface area contributed by atoms with Crippen molar-refractivity contribution in [2.24, 2.45) is 5.92 Å². The summed E-state index contributed by atoms with van der Waals surface area (Å²) in [5.41, 5.74) is 0.567. The summed E-state index contributed by atoms with van der Waals surface area (Å²) < 4.78 is 5.54. The largest absolute Gasteiger partial charge is 0.491 e. The maximum atomic E-state index is 12.4. The third-order valence-electron chi connectivity index (χ3n) is 3.53. The number of carboxylic acid groups (broad SMARTS) is 1. The molecule has 1 atom stereocenters. The summed E-state index contributed by atoms with van der Waals surface area (Å²) in [5.74, 6) is -0.667. The van der Waals surface area contributed by atoms with Crippen LogP contribution in [0.5, 0.6) is 5.75 Å². The van der Waals surface area contributed by atoms with Crippen LogP contribution < -0.4 is 4.74 Å². The molecule has 21 heavy (non-hydrogen) atoms. The number of nitrogens with zero attached hydrogens (tertiary/aromatic N) is 1. The molecule has 1 heterocycles. The Hall–Kier alpha value is -2.04. The first-order valence-corrected chi connectivity index (χ1v) is 7.26. The Morgan fingerprint density at radius 1 is 1.29 bits per heavy atom. The van der Waals surface area contributed by atoms with Gasteiger partial charge in [0.15, 0.2) is 0 Å². The Bertz CT molecular complexity index is 510. The van der Waals surface area contributed by atoms with Crippen LogP contribution in [0.25, 0.3) is 0 Å². The molecule has 5 heteroatoms. The second-order valence-corrected chi connectivity index (χ2v) is 5.62. The molecule has 0 bridgehead atoms. The van der Waals surface area contributed by atoms with Gasteiger partial charge in [0.05, 0.1) is 12.0 Å². The predicted molar refractivity (Wildman–Crippen MR) is 78.5 cm³/mol. The van der Waals surface area contributed by atoms with Crippen LogP contribution in [0.3, 0.4) is 0 Å². The fourth-order valence-electron chi connectivity index (χ4n) is 2.49. The average molecular weight is 291 g/mol. The van der Waals surface area contributed by atoms with E-state index in [1.165, 1.54) is 0 Å². The van der Waals surface area contributed by atoms with E-state index < -0.39 is 11.9 Å². The summed E-state index contributed by atoms with van der Waals surface area (Å²) in [4.78, 5) is 25.1. The van der Waals surface area contributed by atoms with Crippen molar-refractivity contribution in [2.75, 3.05) is 13.1 Å². The van der Waals surface area contributed by atoms with Gasteiger partial charge in [-0.15, -0.1) is 0 Å². The van der Waals surface area contributed by atoms with Gasteiger partial charge in [-0.3, -0.25) is 9.59 Å². The number of hydrogen-bond acceptors (Lipinski definition) is 3. The Morgan fingerprint density at radius 3 is 2.52 bits per heavy atom. The van der Waals surface area contributed by atoms with Crippen LogP contribution >= 0.6 is 0 Å². The molecule has 1 amide bonds. The summed E-state index contributed by atoms with van der Waals surface area (Å²) in [5, 5.41) is 9.07. The summed E-state index contributed by atoms with van der Waals surface area (Å²) in [6.45, 7) is 4.79. The van der Waals surface area contributed by atoms with E-state index in [4.69, 9.17) is 9.84 Å². The van der Waals surface area contributed by atoms with E-state index in [0.717, 1.165) is 12.2 Å². The number of likely N-dealkylation sites (tertiary alicyclic amines) is 1. The Labute approximate surface area is 124 Å². The van der Waals surface area contributed by atoms with Crippen LogP contribution in [0, 0.1) is 5.92 Å². The van der Waals surface area contributed by atoms with Crippen molar-refractivity contribution in [3.05, 3.63) is 29.8 Å². The number of carboxylic acids is 1. The van der Waals surface area contributed by atoms with Gasteiger partial charge in [0, 0.05) is 18.7 Å². The number of amides is 1. The third kappa shape index (κ3) is 3.97. The number of aliphatic carboxylic acids is 1. The minimum Gasteiger partial charge on any atom is -0.491 e. The van der Waals surface area contributed by atoms with Crippen LogP contribution in [-0.4, -0.2) is 41.1 Å². The van der Waals surface area contributed by atoms with Gasteiger partial charge in [0.2, 0.25) is 0 Å². The SMILES string of the molecule is CC(C)Oc1ccc(C(=O)N2CCCC(C(=O)O)C2)cc1. The number of carbonyl (C=O) groups is 2. The molecule has 2 rings (SSSR count). The number of ether oxygens (including phenoxy) is 1. The van der Waals surface area contributed by atoms with E-state index in [9.17, 15) is 9.59 Å². The second-order valence-electron chi connectivity index (χ2n) is 5.62. The standard InChI is InChI=1S/C16H21NO4/c1-11(2)21-14-7-5-12(6-8-14)15(18)17-9-3-4-13(10-17)16(19)20/h5-8,11,13H,3-4,9-10H2,1-2H3,(H,19,20). The number of piperidine rings is 1. The van der Waals surface area contributed by atoms with Gasteiger partial charge in [-0.2, -0.15) is 0 Å². The lowest BCUT2D eigenvalue weighted by atomic mass is 9.97. The quantitative estimate of drug-likeness (QED) is 0.925. The molecule has 0 saturated carbocycles. The zero-order valence-electron chi connectivity index (χ0n) is 12.4. The molecule has 0 aliphatic carbocycles. The highest BCUT2D eigenvalue weighted by Gasteiger charge is 2.28. The van der Waals surface area contributed by atoms with Crippen LogP contribution in [0.4, 0.5) is 0 Å². The molecule has 1 N–H and O–H groups in total. The van der Waals surface area contributed by atoms with E-state index in [1.54, 1.807) is 29.2 Å². The van der Waals surface area contributed by atoms with Crippen molar-refractivity contribution in [2.45, 2.75) is 32.8 Å². The predicted octanol–water partition coefficient (Wildman–Crippen LogP) is 2.41. The second kappa shape index (κ2) is 6.61. The van der Waals surface area contributed by atoms with E-state index in [2.05, 4.69) is 0 Å². The highest BCUT2D eigenvalue weighted by atomic mass is 16.5. The Balaban J connectivity index is 2.03. The highest BCUT2D eigenvalue weighted by molar-refractivity contribution is 5.94. The topological polar surface area (TPSA) is 66.8 Å². The molecule has 1 unspecified atom stereocenters. The van der Waals surface area contributed by atoms with Crippen molar-refractivity contribution in [1.82, 2.24) is 4.90 Å². The van der Waals surface area contributed by atoms with E-state index in [0.29, 0.717) is 25.1 Å². The minimum atomic E-state index is -0.826. The van der Waals surface area contributed by atoms with Gasteiger partial charge < -0.3 is 14.7 Å². The van der Waals surface area contributed by atoms with Crippen molar-refractivity contribution in [1.29, 1.82) is 0 Å². The lowest BCUT2D eigenvalue weighted by Crippen LogP contribution is -2.42. The van der Waals surface area contributed by atoms with Crippen LogP contribution in [0.1, 0.15) is 37.0 Å². The van der Waals surface area contributed by atoms with Gasteiger partial charge in [0.25, 0.3) is 5.91 Å². The van der Waals surface area contributed by atoms with Gasteiger partial charge in [-0.25, -0.2) is 0 Å². The molecule has 5 nitrogen and oxygen atoms in total. The van der Waals surface area contributed by atoms with Crippen molar-refractivity contribution in [3.63, 3.8) is 0 Å². The summed E-state index contributed by atoms with van der Waals surface area (Å²) in [7, 11) is 0. The Kier molecular flexibility index (Phi) is 4.83. The first-order chi connectivity index (χ1) is 9.97. The summed E-state index contributed by atoms with van der Waals surface area (Å²) >= 11 is 0. The molecule has 1 saturated heterocycles. The van der Waals surface area contributed by atoms with Crippen molar-refractivity contribution < 1.29 is 19.4 Å². The van der Waals surface area contributed by atoms with E-state index in [1.807, 2.05) is 13.8 Å². The summed E-state index contributed by atoms with van der Waals surface area (Å²) in [6, 6.07) is 6.99. The van der Waals surface area contributed by atoms with Crippen LogP contribution in [0.15, 0.2) is 24.3 Å². The number of carbonyl (C=O) groups excluding carboxylic acids is 1. The number of benzene rings is 1. The first kappa shape index (κ1) is 15.4. The lowest BCUT2D eigenvalue weighted by Gasteiger charge is -2.30. The first-order valence-electron chi connectivity index (χ1n) is 7.26. The molecule has 1 aliphatic rings. The minimum absolute atomic E-state index is 0.0879. The van der Waals surface area contributed by atoms with Crippen molar-refractivity contribution in [3.8, 4) is 5.75 Å². The molecule has 1 fully saturated rings. The zero-order chi connectivity index (χ0) is 15.4. The molecular weight excluding hydrogens is 270 g/mol. The van der Waals surface area contributed by atoms with Gasteiger partial charge in [-0.1, -0.05) is 0 Å². The maximum Gasteiger partial charge on any atom is 0.308 e. The molecule has 0 aromatic heterocycles. The molecule has 0 radical (unpaired) electrons. The molecule has 1 aliphatic heterocycles. The number of rotatable bonds is 4.